The highest BCUT2D eigenvalue weighted by atomic mass is 32.1. The van der Waals surface area contributed by atoms with E-state index in [0.29, 0.717) is 23.2 Å². The van der Waals surface area contributed by atoms with Crippen LogP contribution in [0, 0.1) is 11.7 Å². The van der Waals surface area contributed by atoms with Gasteiger partial charge in [0.1, 0.15) is 5.82 Å². The van der Waals surface area contributed by atoms with Gasteiger partial charge in [-0.1, -0.05) is 43.9 Å². The number of benzene rings is 2. The Bertz CT molecular complexity index is 982. The van der Waals surface area contributed by atoms with Gasteiger partial charge in [-0.2, -0.15) is 0 Å². The minimum atomic E-state index is -0.289. The van der Waals surface area contributed by atoms with Crippen LogP contribution in [0.2, 0.25) is 0 Å². The second-order valence-corrected chi connectivity index (χ2v) is 8.35. The molecule has 29 heavy (non-hydrogen) atoms. The van der Waals surface area contributed by atoms with Crippen molar-refractivity contribution in [2.24, 2.45) is 5.92 Å². The number of carbonyl (C=O) groups excluding carboxylic acids is 1. The fraction of sp³-hybridized carbons (Fsp3) is 0.304. The summed E-state index contributed by atoms with van der Waals surface area (Å²) >= 11 is 1.46. The van der Waals surface area contributed by atoms with Crippen LogP contribution >= 0.6 is 11.3 Å². The lowest BCUT2D eigenvalue weighted by Gasteiger charge is -2.10. The predicted molar refractivity (Wildman–Crippen MR) is 117 cm³/mol. The van der Waals surface area contributed by atoms with Crippen LogP contribution in [0.15, 0.2) is 53.9 Å². The summed E-state index contributed by atoms with van der Waals surface area (Å²) in [4.78, 5) is 16.9. The number of anilines is 3. The maximum absolute atomic E-state index is 13.3. The summed E-state index contributed by atoms with van der Waals surface area (Å²) in [5, 5.41) is 8.77. The van der Waals surface area contributed by atoms with E-state index in [1.165, 1.54) is 49.2 Å². The van der Waals surface area contributed by atoms with Crippen molar-refractivity contribution in [2.75, 3.05) is 10.6 Å². The number of aromatic nitrogens is 1. The number of hydrogen-bond acceptors (Lipinski definition) is 4. The highest BCUT2D eigenvalue weighted by Crippen LogP contribution is 2.30. The maximum Gasteiger partial charge on any atom is 0.224 e. The van der Waals surface area contributed by atoms with Gasteiger partial charge >= 0.3 is 0 Å². The highest BCUT2D eigenvalue weighted by Gasteiger charge is 2.16. The van der Waals surface area contributed by atoms with Crippen molar-refractivity contribution in [3.8, 4) is 11.3 Å². The van der Waals surface area contributed by atoms with Gasteiger partial charge < -0.3 is 10.6 Å². The molecule has 1 fully saturated rings. The van der Waals surface area contributed by atoms with Crippen LogP contribution in [-0.4, -0.2) is 10.9 Å². The summed E-state index contributed by atoms with van der Waals surface area (Å²) in [6.45, 7) is 0. The molecule has 0 saturated heterocycles. The number of hydrogen-bond donors (Lipinski definition) is 2. The van der Waals surface area contributed by atoms with Gasteiger partial charge in [0.2, 0.25) is 5.91 Å². The van der Waals surface area contributed by atoms with E-state index < -0.39 is 0 Å². The van der Waals surface area contributed by atoms with Crippen LogP contribution in [-0.2, 0) is 4.79 Å². The Morgan fingerprint density at radius 2 is 1.90 bits per heavy atom. The van der Waals surface area contributed by atoms with Crippen LogP contribution in [0.4, 0.5) is 20.9 Å². The Morgan fingerprint density at radius 1 is 1.10 bits per heavy atom. The van der Waals surface area contributed by atoms with Crippen molar-refractivity contribution >= 4 is 33.8 Å². The Hall–Kier alpha value is -2.73. The molecule has 0 bridgehead atoms. The third-order valence-electron chi connectivity index (χ3n) is 5.28. The Kier molecular flexibility index (Phi) is 6.20. The van der Waals surface area contributed by atoms with Gasteiger partial charge in [0.15, 0.2) is 5.13 Å². The van der Waals surface area contributed by atoms with E-state index >= 15 is 0 Å². The predicted octanol–water partition coefficient (Wildman–Crippen LogP) is 6.60. The van der Waals surface area contributed by atoms with E-state index in [9.17, 15) is 9.18 Å². The zero-order valence-electron chi connectivity index (χ0n) is 16.2. The molecule has 1 aromatic heterocycles. The van der Waals surface area contributed by atoms with Gasteiger partial charge in [-0.3, -0.25) is 4.79 Å². The van der Waals surface area contributed by atoms with Gasteiger partial charge in [-0.15, -0.1) is 11.3 Å². The highest BCUT2D eigenvalue weighted by molar-refractivity contribution is 7.14. The van der Waals surface area contributed by atoms with Crippen LogP contribution < -0.4 is 10.6 Å². The Morgan fingerprint density at radius 3 is 2.72 bits per heavy atom. The molecule has 1 saturated carbocycles. The third kappa shape index (κ3) is 5.41. The first-order valence-electron chi connectivity index (χ1n) is 10.0. The summed E-state index contributed by atoms with van der Waals surface area (Å²) in [5.74, 6) is 0.495. The smallest absolute Gasteiger partial charge is 0.224 e. The van der Waals surface area contributed by atoms with Gasteiger partial charge in [0, 0.05) is 28.7 Å². The van der Waals surface area contributed by atoms with E-state index in [0.717, 1.165) is 23.4 Å². The quantitative estimate of drug-likeness (QED) is 0.462. The fourth-order valence-electron chi connectivity index (χ4n) is 3.77. The standard InChI is InChI=1S/C23H24FN3OS/c24-18-8-4-10-20(14-18)26-23-27-21(15-29-23)17-7-3-9-19(13-17)25-22(28)12-11-16-5-1-2-6-16/h3-4,7-10,13-16H,1-2,5-6,11-12H2,(H,25,28)(H,26,27). The lowest BCUT2D eigenvalue weighted by molar-refractivity contribution is -0.116. The molecule has 0 atom stereocenters. The van der Waals surface area contributed by atoms with E-state index in [4.69, 9.17) is 0 Å². The molecular weight excluding hydrogens is 385 g/mol. The lowest BCUT2D eigenvalue weighted by atomic mass is 10.0. The molecule has 0 aliphatic heterocycles. The molecule has 6 heteroatoms. The van der Waals surface area contributed by atoms with E-state index in [1.807, 2.05) is 29.6 Å². The summed E-state index contributed by atoms with van der Waals surface area (Å²) < 4.78 is 13.3. The Labute approximate surface area is 174 Å². The average Bonchev–Trinajstić information content (AvgIpc) is 3.39. The number of amides is 1. The van der Waals surface area contributed by atoms with E-state index in [2.05, 4.69) is 15.6 Å². The number of halogens is 1. The van der Waals surface area contributed by atoms with Crippen molar-refractivity contribution in [2.45, 2.75) is 38.5 Å². The lowest BCUT2D eigenvalue weighted by Crippen LogP contribution is -2.12. The first-order chi connectivity index (χ1) is 14.2. The SMILES string of the molecule is O=C(CCC1CCCC1)Nc1cccc(-c2csc(Nc3cccc(F)c3)n2)c1. The molecule has 0 spiro atoms. The molecule has 1 heterocycles. The molecule has 0 unspecified atom stereocenters. The summed E-state index contributed by atoms with van der Waals surface area (Å²) in [7, 11) is 0. The van der Waals surface area contributed by atoms with Crippen LogP contribution in [0.3, 0.4) is 0 Å². The molecule has 2 N–H and O–H groups in total. The van der Waals surface area contributed by atoms with Crippen molar-refractivity contribution in [3.63, 3.8) is 0 Å². The molecule has 1 aliphatic carbocycles. The third-order valence-corrected chi connectivity index (χ3v) is 6.03. The number of thiazole rings is 1. The molecular formula is C23H24FN3OS. The van der Waals surface area contributed by atoms with Crippen molar-refractivity contribution < 1.29 is 9.18 Å². The second kappa shape index (κ2) is 9.18. The van der Waals surface area contributed by atoms with Gasteiger partial charge in [-0.05, 0) is 42.7 Å². The minimum absolute atomic E-state index is 0.0702. The van der Waals surface area contributed by atoms with Gasteiger partial charge in [0.05, 0.1) is 5.69 Å². The van der Waals surface area contributed by atoms with Crippen molar-refractivity contribution in [1.29, 1.82) is 0 Å². The number of carbonyl (C=O) groups is 1. The normalized spacial score (nSPS) is 14.1. The summed E-state index contributed by atoms with van der Waals surface area (Å²) in [6, 6.07) is 14.0. The average molecular weight is 410 g/mol. The summed E-state index contributed by atoms with van der Waals surface area (Å²) in [6.07, 6.45) is 6.69. The van der Waals surface area contributed by atoms with E-state index in [1.54, 1.807) is 12.1 Å². The largest absolute Gasteiger partial charge is 0.331 e. The fourth-order valence-corrected chi connectivity index (χ4v) is 4.51. The first-order valence-corrected chi connectivity index (χ1v) is 10.9. The van der Waals surface area contributed by atoms with Crippen molar-refractivity contribution in [3.05, 3.63) is 59.7 Å². The summed E-state index contributed by atoms with van der Waals surface area (Å²) in [5.41, 5.74) is 3.19. The monoisotopic (exact) mass is 409 g/mol. The maximum atomic E-state index is 13.3. The van der Waals surface area contributed by atoms with Crippen LogP contribution in [0.25, 0.3) is 11.3 Å². The van der Waals surface area contributed by atoms with Gasteiger partial charge in [-0.25, -0.2) is 9.37 Å². The molecule has 0 radical (unpaired) electrons. The second-order valence-electron chi connectivity index (χ2n) is 7.49. The number of rotatable bonds is 7. The molecule has 1 amide bonds. The number of nitrogens with one attached hydrogen (secondary N) is 2. The molecule has 4 nitrogen and oxygen atoms in total. The van der Waals surface area contributed by atoms with Crippen molar-refractivity contribution in [1.82, 2.24) is 4.98 Å². The molecule has 4 rings (SSSR count). The topological polar surface area (TPSA) is 54.0 Å². The number of nitrogens with zero attached hydrogens (tertiary/aromatic N) is 1. The zero-order chi connectivity index (χ0) is 20.1. The van der Waals surface area contributed by atoms with E-state index in [-0.39, 0.29) is 11.7 Å². The minimum Gasteiger partial charge on any atom is -0.331 e. The van der Waals surface area contributed by atoms with Crippen LogP contribution in [0.1, 0.15) is 38.5 Å². The molecule has 1 aliphatic rings. The Balaban J connectivity index is 1.38. The van der Waals surface area contributed by atoms with Gasteiger partial charge in [0.25, 0.3) is 0 Å². The molecule has 150 valence electrons. The zero-order valence-corrected chi connectivity index (χ0v) is 17.0. The molecule has 2 aromatic carbocycles. The molecule has 3 aromatic rings. The first kappa shape index (κ1) is 19.6. The van der Waals surface area contributed by atoms with Crippen LogP contribution in [0.5, 0.6) is 0 Å².